The molecule has 0 spiro atoms. The summed E-state index contributed by atoms with van der Waals surface area (Å²) in [6.07, 6.45) is 7.13. The first-order chi connectivity index (χ1) is 12.3. The molecule has 1 aliphatic rings. The summed E-state index contributed by atoms with van der Waals surface area (Å²) in [5.74, 6) is 0.946. The molecule has 7 heteroatoms. The Bertz CT molecular complexity index is 738. The van der Waals surface area contributed by atoms with Crippen molar-refractivity contribution in [2.75, 3.05) is 19.6 Å². The van der Waals surface area contributed by atoms with Crippen molar-refractivity contribution in [1.29, 1.82) is 0 Å². The number of aryl methyl sites for hydroxylation is 1. The molecule has 2 aromatic heterocycles. The van der Waals surface area contributed by atoms with E-state index in [-0.39, 0.29) is 12.1 Å². The number of carbonyl (C=O) groups is 1. The Morgan fingerprint density at radius 3 is 2.73 bits per heavy atom. The molecule has 0 bridgehead atoms. The summed E-state index contributed by atoms with van der Waals surface area (Å²) in [5.41, 5.74) is 0.653. The maximum absolute atomic E-state index is 12.5. The molecule has 3 heterocycles. The third kappa shape index (κ3) is 4.40. The normalized spacial score (nSPS) is 18.8. The van der Waals surface area contributed by atoms with E-state index in [1.165, 1.54) is 0 Å². The van der Waals surface area contributed by atoms with Gasteiger partial charge in [-0.3, -0.25) is 9.88 Å². The topological polar surface area (TPSA) is 63.5 Å². The minimum Gasteiger partial charge on any atom is -0.444 e. The van der Waals surface area contributed by atoms with Crippen molar-refractivity contribution in [2.24, 2.45) is 7.05 Å². The number of hydrogen-bond acceptors (Lipinski definition) is 5. The standard InChI is InChI=1S/C19H27N5O2/c1-19(2,3)26-18(25)24-11-10-23(13-15-6-5-7-20-12-15)16(14-24)17-21-8-9-22(17)4/h5-9,12,16H,10-11,13-14H2,1-4H3. The number of rotatable bonds is 3. The van der Waals surface area contributed by atoms with E-state index < -0.39 is 5.60 Å². The van der Waals surface area contributed by atoms with E-state index in [4.69, 9.17) is 4.74 Å². The van der Waals surface area contributed by atoms with Crippen molar-refractivity contribution in [3.8, 4) is 0 Å². The molecular formula is C19H27N5O2. The van der Waals surface area contributed by atoms with Crippen molar-refractivity contribution in [3.63, 3.8) is 0 Å². The number of pyridine rings is 1. The fraction of sp³-hybridized carbons (Fsp3) is 0.526. The van der Waals surface area contributed by atoms with Gasteiger partial charge >= 0.3 is 6.09 Å². The number of carbonyl (C=O) groups excluding carboxylic acids is 1. The molecule has 0 aliphatic carbocycles. The Morgan fingerprint density at radius 1 is 1.31 bits per heavy atom. The maximum atomic E-state index is 12.5. The van der Waals surface area contributed by atoms with Gasteiger partial charge in [-0.15, -0.1) is 0 Å². The second kappa shape index (κ2) is 7.45. The largest absolute Gasteiger partial charge is 0.444 e. The van der Waals surface area contributed by atoms with Crippen LogP contribution in [0.3, 0.4) is 0 Å². The zero-order valence-electron chi connectivity index (χ0n) is 15.9. The quantitative estimate of drug-likeness (QED) is 0.845. The summed E-state index contributed by atoms with van der Waals surface area (Å²) >= 11 is 0. The van der Waals surface area contributed by atoms with E-state index in [9.17, 15) is 4.79 Å². The Hall–Kier alpha value is -2.41. The van der Waals surface area contributed by atoms with E-state index in [0.717, 1.165) is 24.5 Å². The molecule has 3 rings (SSSR count). The van der Waals surface area contributed by atoms with Crippen LogP contribution in [0.15, 0.2) is 36.9 Å². The molecule has 140 valence electrons. The van der Waals surface area contributed by atoms with Crippen molar-refractivity contribution >= 4 is 6.09 Å². The number of imidazole rings is 1. The van der Waals surface area contributed by atoms with Crippen LogP contribution in [-0.4, -0.2) is 55.7 Å². The van der Waals surface area contributed by atoms with Gasteiger partial charge in [0.25, 0.3) is 0 Å². The molecule has 1 saturated heterocycles. The number of aromatic nitrogens is 3. The third-order valence-corrected chi connectivity index (χ3v) is 4.41. The second-order valence-corrected chi connectivity index (χ2v) is 7.67. The lowest BCUT2D eigenvalue weighted by Gasteiger charge is -2.41. The number of hydrogen-bond donors (Lipinski definition) is 0. The SMILES string of the molecule is Cn1ccnc1C1CN(C(=O)OC(C)(C)C)CCN1Cc1cccnc1. The number of amides is 1. The molecule has 1 aliphatic heterocycles. The molecule has 1 atom stereocenters. The van der Waals surface area contributed by atoms with Gasteiger partial charge in [-0.2, -0.15) is 0 Å². The first kappa shape index (κ1) is 18.4. The summed E-state index contributed by atoms with van der Waals surface area (Å²) in [6.45, 7) is 8.38. The highest BCUT2D eigenvalue weighted by Gasteiger charge is 2.34. The maximum Gasteiger partial charge on any atom is 0.410 e. The first-order valence-corrected chi connectivity index (χ1v) is 8.91. The Kier molecular flexibility index (Phi) is 5.27. The highest BCUT2D eigenvalue weighted by Crippen LogP contribution is 2.26. The third-order valence-electron chi connectivity index (χ3n) is 4.41. The number of ether oxygens (including phenoxy) is 1. The molecular weight excluding hydrogens is 330 g/mol. The Morgan fingerprint density at radius 2 is 2.12 bits per heavy atom. The zero-order chi connectivity index (χ0) is 18.7. The van der Waals surface area contributed by atoms with E-state index in [2.05, 4.69) is 20.9 Å². The van der Waals surface area contributed by atoms with Gasteiger partial charge in [-0.1, -0.05) is 6.07 Å². The average molecular weight is 357 g/mol. The molecule has 26 heavy (non-hydrogen) atoms. The summed E-state index contributed by atoms with van der Waals surface area (Å²) < 4.78 is 7.57. The van der Waals surface area contributed by atoms with Crippen LogP contribution >= 0.6 is 0 Å². The van der Waals surface area contributed by atoms with E-state index in [1.54, 1.807) is 17.3 Å². The molecule has 0 N–H and O–H groups in total. The molecule has 0 saturated carbocycles. The smallest absolute Gasteiger partial charge is 0.410 e. The lowest BCUT2D eigenvalue weighted by Crippen LogP contribution is -2.51. The molecule has 1 amide bonds. The van der Waals surface area contributed by atoms with Crippen LogP contribution in [0.25, 0.3) is 0 Å². The molecule has 0 radical (unpaired) electrons. The minimum absolute atomic E-state index is 0.0106. The van der Waals surface area contributed by atoms with Gasteiger partial charge in [0.05, 0.1) is 6.04 Å². The monoisotopic (exact) mass is 357 g/mol. The summed E-state index contributed by atoms with van der Waals surface area (Å²) in [6, 6.07) is 4.03. The minimum atomic E-state index is -0.497. The van der Waals surface area contributed by atoms with Crippen molar-refractivity contribution in [2.45, 2.75) is 39.0 Å². The van der Waals surface area contributed by atoms with Gasteiger partial charge in [0.2, 0.25) is 0 Å². The van der Waals surface area contributed by atoms with Crippen molar-refractivity contribution < 1.29 is 9.53 Å². The van der Waals surface area contributed by atoms with Gasteiger partial charge in [0, 0.05) is 58.0 Å². The zero-order valence-corrected chi connectivity index (χ0v) is 15.9. The van der Waals surface area contributed by atoms with Crippen LogP contribution in [0, 0.1) is 0 Å². The Balaban J connectivity index is 1.79. The predicted octanol–water partition coefficient (Wildman–Crippen LogP) is 2.61. The van der Waals surface area contributed by atoms with E-state index in [1.807, 2.05) is 50.8 Å². The van der Waals surface area contributed by atoms with Crippen molar-refractivity contribution in [3.05, 3.63) is 48.3 Å². The van der Waals surface area contributed by atoms with Gasteiger partial charge in [-0.05, 0) is 32.4 Å². The van der Waals surface area contributed by atoms with E-state index in [0.29, 0.717) is 13.1 Å². The Labute approximate surface area is 154 Å². The summed E-state index contributed by atoms with van der Waals surface area (Å²) in [5, 5.41) is 0. The fourth-order valence-electron chi connectivity index (χ4n) is 3.17. The molecule has 1 unspecified atom stereocenters. The predicted molar refractivity (Wildman–Crippen MR) is 98.4 cm³/mol. The van der Waals surface area contributed by atoms with Crippen LogP contribution in [0.5, 0.6) is 0 Å². The average Bonchev–Trinajstić information content (AvgIpc) is 3.00. The molecule has 7 nitrogen and oxygen atoms in total. The van der Waals surface area contributed by atoms with Crippen LogP contribution in [0.2, 0.25) is 0 Å². The number of nitrogens with zero attached hydrogens (tertiary/aromatic N) is 5. The van der Waals surface area contributed by atoms with Crippen LogP contribution in [0.4, 0.5) is 4.79 Å². The fourth-order valence-corrected chi connectivity index (χ4v) is 3.17. The first-order valence-electron chi connectivity index (χ1n) is 8.91. The highest BCUT2D eigenvalue weighted by atomic mass is 16.6. The van der Waals surface area contributed by atoms with Gasteiger partial charge < -0.3 is 14.2 Å². The van der Waals surface area contributed by atoms with Crippen LogP contribution in [-0.2, 0) is 18.3 Å². The van der Waals surface area contributed by atoms with Crippen molar-refractivity contribution in [1.82, 2.24) is 24.3 Å². The molecule has 1 fully saturated rings. The summed E-state index contributed by atoms with van der Waals surface area (Å²) in [7, 11) is 1.98. The van der Waals surface area contributed by atoms with Gasteiger partial charge in [0.1, 0.15) is 11.4 Å². The lowest BCUT2D eigenvalue weighted by atomic mass is 10.1. The van der Waals surface area contributed by atoms with Crippen LogP contribution in [0.1, 0.15) is 38.2 Å². The van der Waals surface area contributed by atoms with Crippen LogP contribution < -0.4 is 0 Å². The molecule has 0 aromatic carbocycles. The summed E-state index contributed by atoms with van der Waals surface area (Å²) in [4.78, 5) is 25.4. The van der Waals surface area contributed by atoms with E-state index >= 15 is 0 Å². The second-order valence-electron chi connectivity index (χ2n) is 7.67. The van der Waals surface area contributed by atoms with Gasteiger partial charge in [-0.25, -0.2) is 9.78 Å². The highest BCUT2D eigenvalue weighted by molar-refractivity contribution is 5.68. The lowest BCUT2D eigenvalue weighted by molar-refractivity contribution is 0.000559. The number of piperazine rings is 1. The molecule has 2 aromatic rings. The van der Waals surface area contributed by atoms with Gasteiger partial charge in [0.15, 0.2) is 0 Å².